The summed E-state index contributed by atoms with van der Waals surface area (Å²) in [6.07, 6.45) is 1.21. The van der Waals surface area contributed by atoms with Crippen molar-refractivity contribution in [2.75, 3.05) is 0 Å². The molecule has 2 nitrogen and oxygen atoms in total. The van der Waals surface area contributed by atoms with E-state index in [4.69, 9.17) is 0 Å². The van der Waals surface area contributed by atoms with E-state index in [2.05, 4.69) is 27.7 Å². The first-order chi connectivity index (χ1) is 6.36. The third-order valence-electron chi connectivity index (χ3n) is 1.85. The van der Waals surface area contributed by atoms with Crippen LogP contribution in [0.4, 0.5) is 0 Å². The van der Waals surface area contributed by atoms with E-state index in [1.165, 1.54) is 13.8 Å². The summed E-state index contributed by atoms with van der Waals surface area (Å²) in [6, 6.07) is 0. The first-order valence-electron chi connectivity index (χ1n) is 4.62. The second kappa shape index (κ2) is 25.7. The molecule has 0 aliphatic rings. The molecule has 6 heteroatoms. The maximum atomic E-state index is 10.3. The van der Waals surface area contributed by atoms with Crippen molar-refractivity contribution < 1.29 is 140 Å². The average molecular weight is 552 g/mol. The van der Waals surface area contributed by atoms with Crippen LogP contribution in [0.1, 0.15) is 26.7 Å². The molecule has 0 N–H and O–H groups in total. The second-order valence-corrected chi connectivity index (χ2v) is 3.19. The Morgan fingerprint density at radius 1 is 0.778 bits per heavy atom. The van der Waals surface area contributed by atoms with E-state index in [1.54, 1.807) is 0 Å². The Hall–Kier alpha value is 3.76. The van der Waals surface area contributed by atoms with E-state index in [0.29, 0.717) is 12.8 Å². The predicted octanol–water partition coefficient (Wildman–Crippen LogP) is 2.49. The van der Waals surface area contributed by atoms with E-state index in [-0.39, 0.29) is 154 Å². The van der Waals surface area contributed by atoms with Gasteiger partial charge in [0.25, 0.3) is 0 Å². The van der Waals surface area contributed by atoms with Crippen LogP contribution in [0.2, 0.25) is 0 Å². The molecule has 0 aliphatic heterocycles. The van der Waals surface area contributed by atoms with E-state index in [9.17, 15) is 9.59 Å². The molecule has 96 valence electrons. The molecular weight excluding hydrogens is 532 g/mol. The Morgan fingerprint density at radius 3 is 0.944 bits per heavy atom. The van der Waals surface area contributed by atoms with Gasteiger partial charge in [-0.05, 0) is 13.8 Å². The van der Waals surface area contributed by atoms with Gasteiger partial charge < -0.3 is 37.3 Å². The molecule has 0 saturated heterocycles. The number of hydrogen-bond acceptors (Lipinski definition) is 2. The number of Topliss-reactive ketones (excluding diaryl/α,β-unsaturated/α-hetero) is 2. The van der Waals surface area contributed by atoms with Crippen LogP contribution in [0.15, 0.2) is 0 Å². The Morgan fingerprint density at radius 2 is 0.944 bits per heavy atom. The van der Waals surface area contributed by atoms with Gasteiger partial charge in [0.2, 0.25) is 0 Å². The third-order valence-corrected chi connectivity index (χ3v) is 1.85. The van der Waals surface area contributed by atoms with Crippen LogP contribution in [-0.2, 0) is 140 Å². The van der Waals surface area contributed by atoms with Gasteiger partial charge in [0.05, 0.1) is 0 Å². The van der Waals surface area contributed by atoms with E-state index >= 15 is 0 Å². The molecule has 0 aliphatic carbocycles. The van der Waals surface area contributed by atoms with Gasteiger partial charge >= 0.3 is 0 Å². The summed E-state index contributed by atoms with van der Waals surface area (Å²) in [4.78, 5) is 20.5. The largest absolute Gasteiger partial charge is 0.345 e. The average Bonchev–Trinajstić information content (AvgIpc) is 2.15. The number of ketones is 2. The van der Waals surface area contributed by atoms with Gasteiger partial charge in [0.1, 0.15) is 11.6 Å². The molecule has 0 spiro atoms. The fourth-order valence-corrected chi connectivity index (χ4v) is 0.407. The molecule has 0 aromatic carbocycles. The van der Waals surface area contributed by atoms with Crippen molar-refractivity contribution in [3.63, 3.8) is 0 Å². The summed E-state index contributed by atoms with van der Waals surface area (Å²) in [5.41, 5.74) is 0. The Kier molecular flexibility index (Phi) is 53.9. The van der Waals surface area contributed by atoms with Crippen LogP contribution >= 0.6 is 0 Å². The molecule has 0 bridgehead atoms. The minimum Gasteiger partial charge on any atom is -0.345 e. The zero-order valence-electron chi connectivity index (χ0n) is 11.5. The fourth-order valence-electron chi connectivity index (χ4n) is 0.407. The quantitative estimate of drug-likeness (QED) is 0.503. The summed E-state index contributed by atoms with van der Waals surface area (Å²) < 4.78 is 0. The molecule has 2 atom stereocenters. The predicted molar refractivity (Wildman–Crippen MR) is 59.0 cm³/mol. The minimum atomic E-state index is -0.0972. The molecule has 0 rings (SSSR count). The Bertz CT molecular complexity index is 167. The number of carbonyl (C=O) groups excluding carboxylic acids is 2. The fraction of sp³-hybridized carbons (Fsp3) is 0.500. The van der Waals surface area contributed by atoms with Gasteiger partial charge in [-0.2, -0.15) is 0 Å². The molecule has 2 unspecified atom stereocenters. The Balaban J connectivity index is -0.0000000327. The summed E-state index contributed by atoms with van der Waals surface area (Å²) in [7, 11) is 0. The van der Waals surface area contributed by atoms with Gasteiger partial charge in [0, 0.05) is 131 Å². The van der Waals surface area contributed by atoms with Gasteiger partial charge in [-0.15, -0.1) is 11.8 Å². The van der Waals surface area contributed by atoms with Crippen molar-refractivity contribution in [1.82, 2.24) is 0 Å². The zero-order chi connectivity index (χ0) is 11.7. The van der Waals surface area contributed by atoms with Crippen LogP contribution in [0, 0.1) is 39.5 Å². The molecule has 4 radical (unpaired) electrons. The van der Waals surface area contributed by atoms with Gasteiger partial charge in [0.15, 0.2) is 0 Å². The van der Waals surface area contributed by atoms with Crippen LogP contribution in [0.25, 0.3) is 0 Å². The van der Waals surface area contributed by atoms with Crippen molar-refractivity contribution in [1.29, 1.82) is 0 Å². The summed E-state index contributed by atoms with van der Waals surface area (Å²) in [5, 5.41) is 0. The van der Waals surface area contributed by atoms with Crippen molar-refractivity contribution in [3.05, 3.63) is 27.7 Å². The van der Waals surface area contributed by atoms with Crippen LogP contribution < -0.4 is 0 Å². The molecule has 0 aromatic heterocycles. The first kappa shape index (κ1) is 37.8. The van der Waals surface area contributed by atoms with Crippen LogP contribution in [0.5, 0.6) is 0 Å². The molecular formula is C12H20O2Y4-4. The smallest absolute Gasteiger partial charge is 0.100 e. The molecule has 18 heavy (non-hydrogen) atoms. The maximum Gasteiger partial charge on any atom is 0.100 e. The topological polar surface area (TPSA) is 34.1 Å². The van der Waals surface area contributed by atoms with Crippen molar-refractivity contribution in [2.24, 2.45) is 11.8 Å². The molecule has 0 amide bonds. The second-order valence-electron chi connectivity index (χ2n) is 3.19. The van der Waals surface area contributed by atoms with Crippen molar-refractivity contribution >= 4 is 11.6 Å². The van der Waals surface area contributed by atoms with Gasteiger partial charge in [-0.1, -0.05) is 0 Å². The molecule has 0 fully saturated rings. The van der Waals surface area contributed by atoms with Crippen LogP contribution in [-0.4, -0.2) is 11.6 Å². The van der Waals surface area contributed by atoms with E-state index in [0.717, 1.165) is 0 Å². The summed E-state index contributed by atoms with van der Waals surface area (Å²) in [6.45, 7) is 17.2. The maximum absolute atomic E-state index is 10.3. The van der Waals surface area contributed by atoms with E-state index in [1.807, 2.05) is 0 Å². The SMILES string of the molecule is [CH2-]CC([CH2-])C(C)=O.[CH2-]CC([CH2-])C(C)=O.[Y].[Y].[Y].[Y]. The molecule has 0 saturated carbocycles. The standard InChI is InChI=1S/2C6H10O.4Y/c2*1-4-5(2)6(3)7;;;;/h2*5H,1-2,4H2,3H3;;;;/q2*-2;;;;. The molecule has 0 heterocycles. The van der Waals surface area contributed by atoms with Crippen LogP contribution in [0.3, 0.4) is 0 Å². The van der Waals surface area contributed by atoms with Crippen molar-refractivity contribution in [2.45, 2.75) is 26.7 Å². The zero-order valence-corrected chi connectivity index (χ0v) is 22.9. The minimum absolute atomic E-state index is 0. The summed E-state index contributed by atoms with van der Waals surface area (Å²) >= 11 is 0. The normalized spacial score (nSPS) is 10.6. The Labute approximate surface area is 214 Å². The number of hydrogen-bond donors (Lipinski definition) is 0. The number of rotatable bonds is 4. The van der Waals surface area contributed by atoms with Gasteiger partial charge in [-0.25, -0.2) is 12.8 Å². The summed E-state index contributed by atoms with van der Waals surface area (Å²) in [5.74, 6) is 0.0463. The third kappa shape index (κ3) is 28.0. The number of carbonyl (C=O) groups is 2. The molecule has 0 aromatic rings. The van der Waals surface area contributed by atoms with Crippen molar-refractivity contribution in [3.8, 4) is 0 Å². The first-order valence-corrected chi connectivity index (χ1v) is 4.62. The van der Waals surface area contributed by atoms with Gasteiger partial charge in [-0.3, -0.25) is 0 Å². The monoisotopic (exact) mass is 552 g/mol. The van der Waals surface area contributed by atoms with E-state index < -0.39 is 0 Å².